The zero-order valence-corrected chi connectivity index (χ0v) is 39.1. The maximum Gasteiger partial charge on any atom is 0.416 e. The average molecular weight is 1030 g/mol. The van der Waals surface area contributed by atoms with E-state index in [9.17, 15) is 39.9 Å². The molecular formula is C47H53F8N15O3. The molecular weight excluding hydrogens is 975 g/mol. The Hall–Kier alpha value is -7.23. The van der Waals surface area contributed by atoms with Crippen molar-refractivity contribution in [2.45, 2.75) is 25.3 Å². The Bertz CT molecular complexity index is 2620. The summed E-state index contributed by atoms with van der Waals surface area (Å²) >= 11 is 0. The van der Waals surface area contributed by atoms with Crippen molar-refractivity contribution in [1.29, 1.82) is 0 Å². The number of pyridine rings is 2. The molecule has 26 heteroatoms. The van der Waals surface area contributed by atoms with E-state index in [2.05, 4.69) is 71.9 Å². The number of nitrogens with zero attached hydrogens (tertiary/aromatic N) is 8. The second-order valence-electron chi connectivity index (χ2n) is 16.0. The Morgan fingerprint density at radius 3 is 1.77 bits per heavy atom. The molecule has 0 aliphatic carbocycles. The number of benzene rings is 2. The van der Waals surface area contributed by atoms with E-state index < -0.39 is 35.1 Å². The Morgan fingerprint density at radius 1 is 0.630 bits per heavy atom. The summed E-state index contributed by atoms with van der Waals surface area (Å²) in [6, 6.07) is 16.7. The topological polar surface area (TPSA) is 218 Å². The number of nitrogens with two attached hydrogens (primary N) is 1. The van der Waals surface area contributed by atoms with Crippen molar-refractivity contribution in [3.05, 3.63) is 143 Å². The van der Waals surface area contributed by atoms with Gasteiger partial charge in [-0.15, -0.1) is 0 Å². The molecule has 8 N–H and O–H groups in total. The lowest BCUT2D eigenvalue weighted by atomic mass is 10.0. The first-order chi connectivity index (χ1) is 35.1. The summed E-state index contributed by atoms with van der Waals surface area (Å²) in [6.45, 7) is 9.42. The molecule has 0 radical (unpaired) electrons. The second kappa shape index (κ2) is 27.6. The summed E-state index contributed by atoms with van der Waals surface area (Å²) in [5.41, 5.74) is 9.71. The molecule has 6 aromatic rings. The highest BCUT2D eigenvalue weighted by Crippen LogP contribution is 2.32. The van der Waals surface area contributed by atoms with Crippen molar-refractivity contribution in [1.82, 2.24) is 45.1 Å². The fourth-order valence-corrected chi connectivity index (χ4v) is 6.89. The third-order valence-electron chi connectivity index (χ3n) is 10.7. The van der Waals surface area contributed by atoms with Crippen LogP contribution in [0.5, 0.6) is 0 Å². The molecule has 4 aromatic heterocycles. The van der Waals surface area contributed by atoms with Crippen molar-refractivity contribution >= 4 is 41.2 Å². The van der Waals surface area contributed by atoms with E-state index in [1.807, 2.05) is 0 Å². The number of aldehydes is 1. The Kier molecular flexibility index (Phi) is 20.8. The predicted octanol–water partition coefficient (Wildman–Crippen LogP) is 6.78. The average Bonchev–Trinajstić information content (AvgIpc) is 3.39. The molecule has 18 nitrogen and oxygen atoms in total. The zero-order valence-electron chi connectivity index (χ0n) is 39.1. The van der Waals surface area contributed by atoms with Crippen LogP contribution in [0.3, 0.4) is 0 Å². The number of carbonyl (C=O) groups is 1. The third-order valence-corrected chi connectivity index (χ3v) is 10.7. The van der Waals surface area contributed by atoms with Crippen LogP contribution in [-0.4, -0.2) is 125 Å². The first-order valence-electron chi connectivity index (χ1n) is 22.7. The largest absolute Gasteiger partial charge is 0.416 e. The van der Waals surface area contributed by atoms with E-state index in [-0.39, 0.29) is 23.5 Å². The van der Waals surface area contributed by atoms with Crippen LogP contribution in [0.25, 0.3) is 0 Å². The van der Waals surface area contributed by atoms with Crippen molar-refractivity contribution in [3.63, 3.8) is 0 Å². The van der Waals surface area contributed by atoms with Crippen molar-refractivity contribution < 1.29 is 49.4 Å². The summed E-state index contributed by atoms with van der Waals surface area (Å²) < 4.78 is 114. The number of nitrogens with one attached hydrogen (secondary N) is 6. The van der Waals surface area contributed by atoms with Gasteiger partial charge in [0.1, 0.15) is 5.69 Å². The molecule has 8 rings (SSSR count). The number of nitrogen functional groups attached to an aromatic ring is 1. The lowest BCUT2D eigenvalue weighted by molar-refractivity contribution is -0.138. The Morgan fingerprint density at radius 2 is 1.22 bits per heavy atom. The van der Waals surface area contributed by atoms with Gasteiger partial charge in [0.25, 0.3) is 0 Å². The van der Waals surface area contributed by atoms with E-state index in [0.717, 1.165) is 94.7 Å². The molecule has 0 unspecified atom stereocenters. The molecule has 0 saturated carbocycles. The highest BCUT2D eigenvalue weighted by atomic mass is 19.4. The number of rotatable bonds is 18. The van der Waals surface area contributed by atoms with Gasteiger partial charge in [-0.3, -0.25) is 35.4 Å². The molecule has 0 bridgehead atoms. The molecule has 2 aliphatic heterocycles. The minimum absolute atomic E-state index is 0.103. The van der Waals surface area contributed by atoms with Gasteiger partial charge in [-0.2, -0.15) is 36.3 Å². The minimum Gasteiger partial charge on any atom is -0.379 e. The summed E-state index contributed by atoms with van der Waals surface area (Å²) in [6.07, 6.45) is -2.61. The van der Waals surface area contributed by atoms with E-state index in [1.165, 1.54) is 30.6 Å². The van der Waals surface area contributed by atoms with E-state index in [1.54, 1.807) is 30.3 Å². The lowest BCUT2D eigenvalue weighted by Crippen LogP contribution is -2.39. The van der Waals surface area contributed by atoms with Crippen LogP contribution in [0.4, 0.5) is 70.0 Å². The normalized spacial score (nSPS) is 14.2. The SMILES string of the molecule is Fc1cnc(NNCc2ccc(Nc3cccc(C(F)(F)F)c3)cn2)nc1NCCN1CCOCC1.NNc1ncc(F)c(NCCN2CCOCC2)n1.O=Cc1ccc(Cc2cccc(C(F)(F)F)c2)cn1. The first-order valence-corrected chi connectivity index (χ1v) is 22.7. The maximum absolute atomic E-state index is 14.1. The second-order valence-corrected chi connectivity index (χ2v) is 16.0. The van der Waals surface area contributed by atoms with Gasteiger partial charge >= 0.3 is 12.4 Å². The maximum atomic E-state index is 14.1. The molecule has 0 amide bonds. The highest BCUT2D eigenvalue weighted by Gasteiger charge is 2.31. The molecule has 2 saturated heterocycles. The van der Waals surface area contributed by atoms with Gasteiger partial charge in [-0.05, 0) is 60.0 Å². The third kappa shape index (κ3) is 18.7. The van der Waals surface area contributed by atoms with Gasteiger partial charge in [0.05, 0.1) is 74.1 Å². The number of hydrazine groups is 2. The number of halogens is 8. The first kappa shape index (κ1) is 55.1. The van der Waals surface area contributed by atoms with Crippen LogP contribution in [-0.2, 0) is 34.8 Å². The van der Waals surface area contributed by atoms with Gasteiger partial charge in [-0.25, -0.2) is 30.0 Å². The summed E-state index contributed by atoms with van der Waals surface area (Å²) in [4.78, 5) is 38.7. The van der Waals surface area contributed by atoms with Gasteiger partial charge in [0.15, 0.2) is 29.6 Å². The fourth-order valence-electron chi connectivity index (χ4n) is 6.89. The Balaban J connectivity index is 0.000000197. The van der Waals surface area contributed by atoms with Gasteiger partial charge in [-0.1, -0.05) is 30.3 Å². The summed E-state index contributed by atoms with van der Waals surface area (Å²) in [7, 11) is 0. The molecule has 390 valence electrons. The van der Waals surface area contributed by atoms with Crippen molar-refractivity contribution in [2.24, 2.45) is 5.84 Å². The number of anilines is 6. The van der Waals surface area contributed by atoms with E-state index in [0.29, 0.717) is 73.9 Å². The number of hydrogen-bond acceptors (Lipinski definition) is 18. The molecule has 2 aliphatic rings. The number of alkyl halides is 6. The quantitative estimate of drug-likeness (QED) is 0.0204. The fraction of sp³-hybridized carbons (Fsp3) is 0.340. The number of aromatic nitrogens is 6. The van der Waals surface area contributed by atoms with Crippen LogP contribution in [0.1, 0.15) is 38.4 Å². The number of ether oxygens (including phenoxy) is 2. The molecule has 0 spiro atoms. The minimum atomic E-state index is -4.41. The smallest absolute Gasteiger partial charge is 0.379 e. The van der Waals surface area contributed by atoms with Crippen molar-refractivity contribution in [3.8, 4) is 0 Å². The van der Waals surface area contributed by atoms with Crippen LogP contribution >= 0.6 is 0 Å². The van der Waals surface area contributed by atoms with E-state index >= 15 is 0 Å². The Labute approximate surface area is 414 Å². The van der Waals surface area contributed by atoms with Gasteiger partial charge in [0.2, 0.25) is 11.9 Å². The number of morpholine rings is 2. The van der Waals surface area contributed by atoms with Crippen LogP contribution in [0, 0.1) is 11.6 Å². The highest BCUT2D eigenvalue weighted by molar-refractivity contribution is 5.71. The van der Waals surface area contributed by atoms with Gasteiger partial charge in [0, 0.05) is 64.2 Å². The standard InChI is InChI=1S/C23H26F4N8O.C14H10F3NO.C10H17FN6O/c24-20-15-30-22(33-21(20)28-6-7-35-8-10-36-11-9-35)34-31-14-18-4-5-19(13-29-18)32-17-3-1-2-16(12-17)23(25,26)27;15-14(16,17)12-3-1-2-10(7-12)6-11-4-5-13(9-19)18-8-11;11-8-7-14-10(16-12)15-9(8)13-1-2-17-3-5-18-6-4-17/h1-5,12-13,15,31-32H,6-11,14H2,(H2,28,30,33,34);1-5,7-9H,6H2;7H,1-6,12H2,(H2,13,14,15,16). The molecule has 6 heterocycles. The summed E-state index contributed by atoms with van der Waals surface area (Å²) in [5.74, 6) is 4.76. The van der Waals surface area contributed by atoms with Gasteiger partial charge < -0.3 is 25.4 Å². The molecule has 2 fully saturated rings. The monoisotopic (exact) mass is 1030 g/mol. The number of carbonyl (C=O) groups excluding carboxylic acids is 1. The summed E-state index contributed by atoms with van der Waals surface area (Å²) in [5, 5.41) is 8.82. The number of hydrogen-bond donors (Lipinski definition) is 7. The molecule has 0 atom stereocenters. The zero-order chi connectivity index (χ0) is 52.1. The predicted molar refractivity (Wildman–Crippen MR) is 257 cm³/mol. The van der Waals surface area contributed by atoms with Crippen molar-refractivity contribution in [2.75, 3.05) is 106 Å². The molecule has 73 heavy (non-hydrogen) atoms. The van der Waals surface area contributed by atoms with Crippen LogP contribution in [0.2, 0.25) is 0 Å². The van der Waals surface area contributed by atoms with Crippen LogP contribution < -0.4 is 38.1 Å². The van der Waals surface area contributed by atoms with E-state index in [4.69, 9.17) is 15.3 Å². The molecule has 2 aromatic carbocycles. The van der Waals surface area contributed by atoms with Crippen LogP contribution in [0.15, 0.2) is 97.6 Å². The lowest BCUT2D eigenvalue weighted by Gasteiger charge is -2.26.